The van der Waals surface area contributed by atoms with Gasteiger partial charge in [-0.25, -0.2) is 15.0 Å². The number of fused-ring (bicyclic) bond motifs is 3. The van der Waals surface area contributed by atoms with E-state index in [9.17, 15) is 0 Å². The van der Waals surface area contributed by atoms with Gasteiger partial charge in [-0.15, -0.1) is 0 Å². The smallest absolute Gasteiger partial charge is 0.162 e. The van der Waals surface area contributed by atoms with Gasteiger partial charge in [0.2, 0.25) is 0 Å². The normalized spacial score (nSPS) is 20.6. The minimum absolute atomic E-state index is 0.0919. The Morgan fingerprint density at radius 3 is 2.79 bits per heavy atom. The Bertz CT molecular complexity index is 1470. The number of halogens is 1. The zero-order chi connectivity index (χ0) is 22.9. The predicted octanol–water partition coefficient (Wildman–Crippen LogP) is 4.24. The summed E-state index contributed by atoms with van der Waals surface area (Å²) in [6.45, 7) is 2.43. The highest BCUT2D eigenvalue weighted by Gasteiger charge is 2.46. The third-order valence-electron chi connectivity index (χ3n) is 7.83. The largest absolute Gasteiger partial charge is 0.355 e. The van der Waals surface area contributed by atoms with E-state index in [1.807, 2.05) is 35.3 Å². The molecule has 1 fully saturated rings. The van der Waals surface area contributed by atoms with E-state index in [1.165, 1.54) is 11.1 Å². The van der Waals surface area contributed by atoms with Gasteiger partial charge in [-0.3, -0.25) is 9.56 Å². The Morgan fingerprint density at radius 2 is 1.91 bits per heavy atom. The molecule has 0 bridgehead atoms. The standard InChI is InChI=1S/C26H24BrN7/c27-17-6-5-16-12-26(24(28)18(16)11-17)7-9-33(10-8-26)22-14-29-23-20(32-22)13-30-25(23)34-15-31-19-3-1-2-4-21(19)34/h1-6,11,14-15,24H,7-10,12-13,28H2/t24-/m1/s1. The van der Waals surface area contributed by atoms with Crippen molar-refractivity contribution >= 4 is 38.6 Å². The average molecular weight is 514 g/mol. The molecule has 7 nitrogen and oxygen atoms in total. The lowest BCUT2D eigenvalue weighted by Crippen LogP contribution is -2.44. The summed E-state index contributed by atoms with van der Waals surface area (Å²) in [6.07, 6.45) is 6.90. The van der Waals surface area contributed by atoms with Crippen molar-refractivity contribution in [2.45, 2.75) is 31.8 Å². The summed E-state index contributed by atoms with van der Waals surface area (Å²) < 4.78 is 3.12. The second-order valence-electron chi connectivity index (χ2n) is 9.61. The van der Waals surface area contributed by atoms with Gasteiger partial charge >= 0.3 is 0 Å². The number of anilines is 1. The summed E-state index contributed by atoms with van der Waals surface area (Å²) in [4.78, 5) is 21.4. The molecule has 0 radical (unpaired) electrons. The van der Waals surface area contributed by atoms with Crippen LogP contribution in [0, 0.1) is 5.41 Å². The van der Waals surface area contributed by atoms with Crippen LogP contribution in [0.3, 0.4) is 0 Å². The first-order chi connectivity index (χ1) is 16.6. The van der Waals surface area contributed by atoms with Crippen LogP contribution in [-0.2, 0) is 13.0 Å². The van der Waals surface area contributed by atoms with Crippen LogP contribution in [0.15, 0.2) is 64.5 Å². The summed E-state index contributed by atoms with van der Waals surface area (Å²) in [5.41, 5.74) is 13.4. The van der Waals surface area contributed by atoms with Crippen molar-refractivity contribution < 1.29 is 0 Å². The number of para-hydroxylation sites is 2. The monoisotopic (exact) mass is 513 g/mol. The van der Waals surface area contributed by atoms with Crippen LogP contribution in [0.1, 0.15) is 41.4 Å². The molecular formula is C26H24BrN7. The van der Waals surface area contributed by atoms with Crippen molar-refractivity contribution in [3.05, 3.63) is 82.0 Å². The number of benzene rings is 2. The molecule has 4 aromatic rings. The fraction of sp³-hybridized carbons (Fsp3) is 0.308. The van der Waals surface area contributed by atoms with Crippen molar-refractivity contribution in [2.75, 3.05) is 18.0 Å². The van der Waals surface area contributed by atoms with E-state index in [4.69, 9.17) is 20.7 Å². The lowest BCUT2D eigenvalue weighted by molar-refractivity contribution is 0.187. The van der Waals surface area contributed by atoms with E-state index in [0.717, 1.165) is 70.9 Å². The highest BCUT2D eigenvalue weighted by atomic mass is 79.9. The van der Waals surface area contributed by atoms with E-state index in [1.54, 1.807) is 0 Å². The molecule has 34 heavy (non-hydrogen) atoms. The molecule has 7 rings (SSSR count). The zero-order valence-corrected chi connectivity index (χ0v) is 20.2. The molecule has 0 amide bonds. The van der Waals surface area contributed by atoms with Crippen LogP contribution in [-0.4, -0.2) is 38.4 Å². The molecule has 2 aromatic carbocycles. The molecule has 1 saturated heterocycles. The van der Waals surface area contributed by atoms with Crippen LogP contribution in [0.25, 0.3) is 11.0 Å². The Balaban J connectivity index is 1.11. The minimum Gasteiger partial charge on any atom is -0.355 e. The van der Waals surface area contributed by atoms with E-state index in [0.29, 0.717) is 6.54 Å². The van der Waals surface area contributed by atoms with Crippen LogP contribution < -0.4 is 10.6 Å². The highest BCUT2D eigenvalue weighted by Crippen LogP contribution is 2.51. The molecule has 0 unspecified atom stereocenters. The number of piperidine rings is 1. The number of imidazole rings is 1. The third kappa shape index (κ3) is 2.98. The summed E-state index contributed by atoms with van der Waals surface area (Å²) in [6, 6.07) is 14.7. The molecule has 2 N–H and O–H groups in total. The van der Waals surface area contributed by atoms with Gasteiger partial charge in [0.05, 0.1) is 29.5 Å². The molecule has 3 aliphatic rings. The Labute approximate surface area is 205 Å². The topological polar surface area (TPSA) is 85.2 Å². The van der Waals surface area contributed by atoms with Crippen molar-refractivity contribution in [3.63, 3.8) is 0 Å². The Kier molecular flexibility index (Phi) is 4.45. The predicted molar refractivity (Wildman–Crippen MR) is 136 cm³/mol. The minimum atomic E-state index is 0.0919. The van der Waals surface area contributed by atoms with E-state index in [-0.39, 0.29) is 11.5 Å². The third-order valence-corrected chi connectivity index (χ3v) is 8.33. The van der Waals surface area contributed by atoms with Crippen LogP contribution in [0.5, 0.6) is 0 Å². The van der Waals surface area contributed by atoms with Gasteiger partial charge in [0.1, 0.15) is 17.8 Å². The average Bonchev–Trinajstić information content (AvgIpc) is 3.54. The first kappa shape index (κ1) is 20.3. The maximum Gasteiger partial charge on any atom is 0.162 e. The molecule has 0 saturated carbocycles. The fourth-order valence-electron chi connectivity index (χ4n) is 5.91. The Morgan fingerprint density at radius 1 is 1.06 bits per heavy atom. The van der Waals surface area contributed by atoms with Gasteiger partial charge in [0.15, 0.2) is 5.84 Å². The van der Waals surface area contributed by atoms with Crippen LogP contribution in [0.2, 0.25) is 0 Å². The van der Waals surface area contributed by atoms with Crippen LogP contribution >= 0.6 is 15.9 Å². The number of hydrogen-bond acceptors (Lipinski definition) is 6. The molecule has 1 spiro atoms. The lowest BCUT2D eigenvalue weighted by atomic mass is 9.73. The first-order valence-corrected chi connectivity index (χ1v) is 12.5. The number of aliphatic imine (C=N–C) groups is 1. The van der Waals surface area contributed by atoms with E-state index in [2.05, 4.69) is 50.1 Å². The van der Waals surface area contributed by atoms with Crippen molar-refractivity contribution in [1.29, 1.82) is 0 Å². The van der Waals surface area contributed by atoms with Gasteiger partial charge in [-0.1, -0.05) is 34.1 Å². The van der Waals surface area contributed by atoms with Crippen molar-refractivity contribution in [3.8, 4) is 0 Å². The molecule has 4 heterocycles. The summed E-state index contributed by atoms with van der Waals surface area (Å²) in [5.74, 6) is 1.76. The summed E-state index contributed by atoms with van der Waals surface area (Å²) in [7, 11) is 0. The quantitative estimate of drug-likeness (QED) is 0.411. The zero-order valence-electron chi connectivity index (χ0n) is 18.7. The molecular weight excluding hydrogens is 490 g/mol. The molecule has 1 atom stereocenters. The van der Waals surface area contributed by atoms with Crippen LogP contribution in [0.4, 0.5) is 5.82 Å². The van der Waals surface area contributed by atoms with Gasteiger partial charge in [-0.2, -0.15) is 0 Å². The summed E-state index contributed by atoms with van der Waals surface area (Å²) in [5, 5.41) is 0. The summed E-state index contributed by atoms with van der Waals surface area (Å²) >= 11 is 3.60. The van der Waals surface area contributed by atoms with E-state index >= 15 is 0 Å². The second kappa shape index (κ2) is 7.45. The molecule has 8 heteroatoms. The maximum absolute atomic E-state index is 6.79. The Hall–Kier alpha value is -3.10. The number of hydrogen-bond donors (Lipinski definition) is 1. The number of nitrogens with two attached hydrogens (primary N) is 1. The first-order valence-electron chi connectivity index (χ1n) is 11.7. The SMILES string of the molecule is N[C@@H]1c2cc(Br)ccc2CC12CCN(c1cnc3c(n1)CN=C3n1cnc3ccccc31)CC2. The number of aromatic nitrogens is 4. The maximum atomic E-state index is 6.79. The van der Waals surface area contributed by atoms with Gasteiger partial charge < -0.3 is 10.6 Å². The lowest BCUT2D eigenvalue weighted by Gasteiger charge is -2.42. The molecule has 1 aliphatic carbocycles. The highest BCUT2D eigenvalue weighted by molar-refractivity contribution is 9.10. The van der Waals surface area contributed by atoms with Crippen molar-refractivity contribution in [2.24, 2.45) is 16.1 Å². The fourth-order valence-corrected chi connectivity index (χ4v) is 6.29. The second-order valence-corrected chi connectivity index (χ2v) is 10.5. The van der Waals surface area contributed by atoms with Crippen molar-refractivity contribution in [1.82, 2.24) is 19.5 Å². The molecule has 2 aliphatic heterocycles. The van der Waals surface area contributed by atoms with Gasteiger partial charge in [0, 0.05) is 23.6 Å². The van der Waals surface area contributed by atoms with Gasteiger partial charge in [-0.05, 0) is 60.1 Å². The molecule has 2 aromatic heterocycles. The number of rotatable bonds is 1. The van der Waals surface area contributed by atoms with E-state index < -0.39 is 0 Å². The van der Waals surface area contributed by atoms with Gasteiger partial charge in [0.25, 0.3) is 0 Å². The molecule has 170 valence electrons. The number of nitrogens with zero attached hydrogens (tertiary/aromatic N) is 6.